The van der Waals surface area contributed by atoms with Gasteiger partial charge >= 0.3 is 0 Å². The summed E-state index contributed by atoms with van der Waals surface area (Å²) < 4.78 is 12.9. The summed E-state index contributed by atoms with van der Waals surface area (Å²) >= 11 is 0. The Morgan fingerprint density at radius 1 is 1.42 bits per heavy atom. The fraction of sp³-hybridized carbons (Fsp3) is 0. The van der Waals surface area contributed by atoms with Gasteiger partial charge in [-0.3, -0.25) is 0 Å². The van der Waals surface area contributed by atoms with Gasteiger partial charge in [-0.05, 0) is 10.9 Å². The summed E-state index contributed by atoms with van der Waals surface area (Å²) in [6.07, 6.45) is 1.03. The van der Waals surface area contributed by atoms with E-state index in [2.05, 4.69) is 10.1 Å². The van der Waals surface area contributed by atoms with Crippen LogP contribution in [0.3, 0.4) is 0 Å². The van der Waals surface area contributed by atoms with Crippen LogP contribution in [0.1, 0.15) is 0 Å². The van der Waals surface area contributed by atoms with Crippen LogP contribution in [-0.4, -0.2) is 10.1 Å². The molecule has 0 saturated heterocycles. The van der Waals surface area contributed by atoms with Gasteiger partial charge in [0.25, 0.3) is 5.52 Å². The lowest BCUT2D eigenvalue weighted by molar-refractivity contribution is -0.643. The molecule has 0 saturated carbocycles. The number of benzene rings is 1. The Labute approximate surface area is 66.9 Å². The van der Waals surface area contributed by atoms with Crippen LogP contribution in [0.5, 0.6) is 0 Å². The largest absolute Gasteiger partial charge is 0.594 e. The average Bonchev–Trinajstić information content (AvgIpc) is 2.07. The highest BCUT2D eigenvalue weighted by Crippen LogP contribution is 2.08. The van der Waals surface area contributed by atoms with Crippen LogP contribution < -0.4 is 4.85 Å². The maximum atomic E-state index is 12.9. The molecular weight excluding hydrogens is 161 g/mol. The van der Waals surface area contributed by atoms with Gasteiger partial charge in [-0.15, -0.1) is 0 Å². The maximum Gasteiger partial charge on any atom is 0.273 e. The topological polar surface area (TPSA) is 52.7 Å². The minimum atomic E-state index is -0.514. The first kappa shape index (κ1) is 6.90. The molecule has 0 spiro atoms. The van der Waals surface area contributed by atoms with Gasteiger partial charge in [0, 0.05) is 11.2 Å². The lowest BCUT2D eigenvalue weighted by atomic mass is 10.3. The Hall–Kier alpha value is -1.78. The monoisotopic (exact) mass is 165 g/mol. The van der Waals surface area contributed by atoms with Crippen molar-refractivity contribution in [1.82, 2.24) is 10.1 Å². The van der Waals surface area contributed by atoms with Crippen molar-refractivity contribution in [1.29, 1.82) is 0 Å². The van der Waals surface area contributed by atoms with Gasteiger partial charge in [0.2, 0.25) is 0 Å². The van der Waals surface area contributed by atoms with Gasteiger partial charge in [-0.2, -0.15) is 0 Å². The van der Waals surface area contributed by atoms with Crippen LogP contribution in [0.25, 0.3) is 11.0 Å². The molecule has 1 aromatic carbocycles. The van der Waals surface area contributed by atoms with E-state index in [0.29, 0.717) is 4.85 Å². The molecule has 2 rings (SSSR count). The van der Waals surface area contributed by atoms with Gasteiger partial charge < -0.3 is 5.21 Å². The average molecular weight is 165 g/mol. The van der Waals surface area contributed by atoms with Crippen molar-refractivity contribution in [3.63, 3.8) is 0 Å². The fourth-order valence-corrected chi connectivity index (χ4v) is 0.979. The van der Waals surface area contributed by atoms with Gasteiger partial charge in [0.05, 0.1) is 0 Å². The highest BCUT2D eigenvalue weighted by Gasteiger charge is 2.08. The number of hydrogen-bond acceptors (Lipinski definition) is 3. The molecule has 0 radical (unpaired) electrons. The van der Waals surface area contributed by atoms with Gasteiger partial charge in [0.1, 0.15) is 0 Å². The summed E-state index contributed by atoms with van der Waals surface area (Å²) in [4.78, 5) is 3.97. The van der Waals surface area contributed by atoms with E-state index in [4.69, 9.17) is 0 Å². The van der Waals surface area contributed by atoms with Crippen LogP contribution >= 0.6 is 0 Å². The Balaban J connectivity index is 2.94. The third kappa shape index (κ3) is 0.868. The molecule has 0 aliphatic heterocycles. The molecule has 0 amide bonds. The van der Waals surface area contributed by atoms with Crippen molar-refractivity contribution < 1.29 is 9.24 Å². The first-order chi connectivity index (χ1) is 5.79. The number of rotatable bonds is 0. The molecule has 1 aromatic heterocycles. The molecule has 4 nitrogen and oxygen atoms in total. The predicted octanol–water partition coefficient (Wildman–Crippen LogP) is 0.402. The SMILES string of the molecule is [O-][n+]1ncnc2c(F)cccc21. The third-order valence-corrected chi connectivity index (χ3v) is 1.51. The smallest absolute Gasteiger partial charge is 0.273 e. The summed E-state index contributed by atoms with van der Waals surface area (Å²) in [5, 5.41) is 14.3. The Morgan fingerprint density at radius 2 is 2.25 bits per heavy atom. The van der Waals surface area contributed by atoms with E-state index >= 15 is 0 Å². The number of para-hydroxylation sites is 1. The zero-order valence-electron chi connectivity index (χ0n) is 5.94. The Kier molecular flexibility index (Phi) is 1.36. The van der Waals surface area contributed by atoms with Crippen molar-refractivity contribution in [2.75, 3.05) is 0 Å². The van der Waals surface area contributed by atoms with Crippen molar-refractivity contribution in [3.05, 3.63) is 35.6 Å². The second-order valence-electron chi connectivity index (χ2n) is 2.24. The second-order valence-corrected chi connectivity index (χ2v) is 2.24. The lowest BCUT2D eigenvalue weighted by Crippen LogP contribution is -2.31. The second kappa shape index (κ2) is 2.37. The van der Waals surface area contributed by atoms with E-state index in [1.165, 1.54) is 18.2 Å². The molecule has 0 N–H and O–H groups in total. The fourth-order valence-electron chi connectivity index (χ4n) is 0.979. The van der Waals surface area contributed by atoms with E-state index in [-0.39, 0.29) is 11.0 Å². The highest BCUT2D eigenvalue weighted by atomic mass is 19.1. The number of aromatic nitrogens is 3. The van der Waals surface area contributed by atoms with E-state index in [1.807, 2.05) is 0 Å². The number of fused-ring (bicyclic) bond motifs is 1. The normalized spacial score (nSPS) is 10.4. The van der Waals surface area contributed by atoms with Gasteiger partial charge in [-0.1, -0.05) is 6.07 Å². The molecule has 0 bridgehead atoms. The molecule has 1 heterocycles. The predicted molar refractivity (Wildman–Crippen MR) is 38.5 cm³/mol. The number of hydrogen-bond donors (Lipinski definition) is 0. The van der Waals surface area contributed by atoms with Crippen molar-refractivity contribution in [2.24, 2.45) is 0 Å². The van der Waals surface area contributed by atoms with E-state index < -0.39 is 5.82 Å². The van der Waals surface area contributed by atoms with Crippen molar-refractivity contribution in [2.45, 2.75) is 0 Å². The lowest BCUT2D eigenvalue weighted by Gasteiger charge is -1.96. The molecule has 12 heavy (non-hydrogen) atoms. The number of halogens is 1. The van der Waals surface area contributed by atoms with Crippen LogP contribution in [0.4, 0.5) is 4.39 Å². The molecule has 0 atom stereocenters. The van der Waals surface area contributed by atoms with Crippen LogP contribution in [-0.2, 0) is 0 Å². The molecule has 0 fully saturated rings. The number of nitrogens with zero attached hydrogens (tertiary/aromatic N) is 3. The standard InChI is InChI=1S/C7H4FN3O/c8-5-2-1-3-6-7(5)9-4-10-11(6)12/h1-4H. The molecular formula is C7H4FN3O. The third-order valence-electron chi connectivity index (χ3n) is 1.51. The first-order valence-electron chi connectivity index (χ1n) is 3.28. The van der Waals surface area contributed by atoms with E-state index in [9.17, 15) is 9.60 Å². The summed E-state index contributed by atoms with van der Waals surface area (Å²) in [5.41, 5.74) is 0.181. The van der Waals surface area contributed by atoms with Crippen molar-refractivity contribution >= 4 is 11.0 Å². The van der Waals surface area contributed by atoms with E-state index in [0.717, 1.165) is 6.33 Å². The molecule has 5 heteroatoms. The zero-order chi connectivity index (χ0) is 8.55. The Bertz CT molecular complexity index is 391. The summed E-state index contributed by atoms with van der Waals surface area (Å²) in [6.45, 7) is 0. The molecule has 0 aliphatic carbocycles. The van der Waals surface area contributed by atoms with Gasteiger partial charge in [0.15, 0.2) is 17.7 Å². The van der Waals surface area contributed by atoms with Gasteiger partial charge in [-0.25, -0.2) is 9.37 Å². The molecule has 0 unspecified atom stereocenters. The maximum absolute atomic E-state index is 12.9. The summed E-state index contributed by atoms with van der Waals surface area (Å²) in [7, 11) is 0. The van der Waals surface area contributed by atoms with Crippen LogP contribution in [0.15, 0.2) is 24.5 Å². The highest BCUT2D eigenvalue weighted by molar-refractivity contribution is 5.70. The minimum absolute atomic E-state index is 0.0440. The molecule has 60 valence electrons. The zero-order valence-corrected chi connectivity index (χ0v) is 5.94. The summed E-state index contributed by atoms with van der Waals surface area (Å²) in [6, 6.07) is 4.15. The quantitative estimate of drug-likeness (QED) is 0.419. The minimum Gasteiger partial charge on any atom is -0.594 e. The van der Waals surface area contributed by atoms with Crippen LogP contribution in [0, 0.1) is 11.0 Å². The molecule has 2 aromatic rings. The van der Waals surface area contributed by atoms with E-state index in [1.54, 1.807) is 0 Å². The van der Waals surface area contributed by atoms with Crippen molar-refractivity contribution in [3.8, 4) is 0 Å². The Morgan fingerprint density at radius 3 is 3.00 bits per heavy atom. The molecule has 0 aliphatic rings. The first-order valence-corrected chi connectivity index (χ1v) is 3.28. The van der Waals surface area contributed by atoms with Crippen LogP contribution in [0.2, 0.25) is 0 Å². The summed E-state index contributed by atoms with van der Waals surface area (Å²) in [5.74, 6) is -0.514.